The summed E-state index contributed by atoms with van der Waals surface area (Å²) in [6.45, 7) is 11.9. The Hall–Kier alpha value is -2.57. The van der Waals surface area contributed by atoms with E-state index in [4.69, 9.17) is 27.5 Å². The van der Waals surface area contributed by atoms with Crippen LogP contribution >= 0.6 is 11.6 Å². The van der Waals surface area contributed by atoms with Crippen molar-refractivity contribution >= 4 is 45.1 Å². The molecule has 1 amide bonds. The van der Waals surface area contributed by atoms with E-state index in [0.29, 0.717) is 62.3 Å². The number of carbonyl (C=O) groups excluding carboxylic acids is 2. The summed E-state index contributed by atoms with van der Waals surface area (Å²) in [4.78, 5) is 27.5. The van der Waals surface area contributed by atoms with Crippen molar-refractivity contribution in [1.29, 1.82) is 5.41 Å². The highest BCUT2D eigenvalue weighted by molar-refractivity contribution is 7.89. The molecular formula is C29H47ClN6O5S. The smallest absolute Gasteiger partial charge is 0.311 e. The Balaban J connectivity index is 1.70. The molecule has 0 spiro atoms. The topological polar surface area (TPSA) is 167 Å². The second-order valence-electron chi connectivity index (χ2n) is 13.2. The quantitative estimate of drug-likeness (QED) is 0.108. The van der Waals surface area contributed by atoms with Crippen molar-refractivity contribution in [2.24, 2.45) is 22.5 Å². The van der Waals surface area contributed by atoms with Gasteiger partial charge in [-0.05, 0) is 88.3 Å². The molecule has 0 aliphatic carbocycles. The summed E-state index contributed by atoms with van der Waals surface area (Å²) >= 11 is 6.36. The molecule has 1 unspecified atom stereocenters. The van der Waals surface area contributed by atoms with E-state index < -0.39 is 21.5 Å². The lowest BCUT2D eigenvalue weighted by Gasteiger charge is -2.35. The molecule has 1 saturated heterocycles. The molecule has 1 atom stereocenters. The van der Waals surface area contributed by atoms with Gasteiger partial charge in [0.1, 0.15) is 10.9 Å². The van der Waals surface area contributed by atoms with Gasteiger partial charge in [-0.3, -0.25) is 15.0 Å². The minimum Gasteiger partial charge on any atom is -0.465 e. The highest BCUT2D eigenvalue weighted by Gasteiger charge is 2.35. The lowest BCUT2D eigenvalue weighted by atomic mass is 9.82. The van der Waals surface area contributed by atoms with Crippen LogP contribution in [-0.4, -0.2) is 70.0 Å². The molecule has 3 rings (SSSR count). The maximum Gasteiger partial charge on any atom is 0.311 e. The predicted octanol–water partition coefficient (Wildman–Crippen LogP) is 3.46. The van der Waals surface area contributed by atoms with Crippen molar-refractivity contribution in [2.75, 3.05) is 38.1 Å². The van der Waals surface area contributed by atoms with Crippen molar-refractivity contribution in [1.82, 2.24) is 14.9 Å². The summed E-state index contributed by atoms with van der Waals surface area (Å²) in [7, 11) is -4.12. The van der Waals surface area contributed by atoms with Crippen LogP contribution in [0.2, 0.25) is 5.02 Å². The molecule has 0 saturated carbocycles. The highest BCUT2D eigenvalue weighted by atomic mass is 35.5. The molecule has 236 valence electrons. The normalized spacial score (nSPS) is 18.0. The number of guanidine groups is 1. The fraction of sp³-hybridized carbons (Fsp3) is 0.690. The molecule has 1 aromatic carbocycles. The molecule has 0 bridgehead atoms. The SMILES string of the molecule is CC1(C)CNc2c(cc(Cl)cc2S(=O)(=O)NC(CCCNC(=N)N)C(=O)N2CCC(CCOC(=O)C(C)(C)C)CC2)C1. The van der Waals surface area contributed by atoms with Crippen LogP contribution in [0.25, 0.3) is 0 Å². The van der Waals surface area contributed by atoms with Crippen LogP contribution in [0.3, 0.4) is 0 Å². The Kier molecular flexibility index (Phi) is 11.2. The summed E-state index contributed by atoms with van der Waals surface area (Å²) < 4.78 is 35.6. The number of hydrogen-bond donors (Lipinski definition) is 5. The zero-order valence-corrected chi connectivity index (χ0v) is 27.0. The number of halogens is 1. The maximum absolute atomic E-state index is 13.8. The molecule has 2 aliphatic heterocycles. The summed E-state index contributed by atoms with van der Waals surface area (Å²) in [5.74, 6) is -0.397. The van der Waals surface area contributed by atoms with Gasteiger partial charge in [-0.2, -0.15) is 4.72 Å². The summed E-state index contributed by atoms with van der Waals surface area (Å²) in [5.41, 5.74) is 6.12. The van der Waals surface area contributed by atoms with Gasteiger partial charge in [0.25, 0.3) is 0 Å². The number of ether oxygens (including phenoxy) is 1. The fourth-order valence-corrected chi connectivity index (χ4v) is 7.08. The van der Waals surface area contributed by atoms with E-state index in [1.807, 2.05) is 20.8 Å². The number of nitrogens with zero attached hydrogens (tertiary/aromatic N) is 1. The molecule has 0 radical (unpaired) electrons. The number of amides is 1. The van der Waals surface area contributed by atoms with E-state index in [1.165, 1.54) is 6.07 Å². The number of carbonyl (C=O) groups is 2. The summed E-state index contributed by atoms with van der Waals surface area (Å²) in [5, 5.41) is 13.7. The number of benzene rings is 1. The number of piperidine rings is 1. The monoisotopic (exact) mass is 626 g/mol. The van der Waals surface area contributed by atoms with Crippen molar-refractivity contribution in [3.63, 3.8) is 0 Å². The van der Waals surface area contributed by atoms with Gasteiger partial charge in [0.05, 0.1) is 17.7 Å². The molecule has 13 heteroatoms. The zero-order valence-electron chi connectivity index (χ0n) is 25.4. The Morgan fingerprint density at radius 3 is 2.55 bits per heavy atom. The van der Waals surface area contributed by atoms with E-state index in [2.05, 4.69) is 29.2 Å². The number of anilines is 1. The minimum atomic E-state index is -4.12. The molecule has 11 nitrogen and oxygen atoms in total. The molecule has 42 heavy (non-hydrogen) atoms. The van der Waals surface area contributed by atoms with Gasteiger partial charge in [0.2, 0.25) is 15.9 Å². The van der Waals surface area contributed by atoms with Crippen molar-refractivity contribution in [3.8, 4) is 0 Å². The number of nitrogens with one attached hydrogen (secondary N) is 4. The van der Waals surface area contributed by atoms with E-state index in [-0.39, 0.29) is 34.6 Å². The van der Waals surface area contributed by atoms with Crippen LogP contribution in [-0.2, 0) is 30.8 Å². The second-order valence-corrected chi connectivity index (χ2v) is 15.4. The average molecular weight is 627 g/mol. The third-order valence-electron chi connectivity index (χ3n) is 7.73. The minimum absolute atomic E-state index is 0.0312. The first kappa shape index (κ1) is 33.9. The zero-order chi connectivity index (χ0) is 31.3. The van der Waals surface area contributed by atoms with Crippen molar-refractivity contribution in [3.05, 3.63) is 22.7 Å². The van der Waals surface area contributed by atoms with Crippen molar-refractivity contribution in [2.45, 2.75) is 84.1 Å². The standard InChI is InChI=1S/C29H47ClN6O5S/c1-28(2,3)26(38)41-14-10-19-8-12-36(13-9-19)25(37)22(7-6-11-33-27(31)32)35-42(39,40)23-16-21(30)15-20-17-29(4,5)18-34-24(20)23/h15-16,19,22,34-35H,6-14,17-18H2,1-5H3,(H4,31,32,33). The number of fused-ring (bicyclic) bond motifs is 1. The van der Waals surface area contributed by atoms with Gasteiger partial charge < -0.3 is 26.0 Å². The van der Waals surface area contributed by atoms with Crippen LogP contribution < -0.4 is 21.1 Å². The van der Waals surface area contributed by atoms with Gasteiger partial charge in [0.15, 0.2) is 5.96 Å². The fourth-order valence-electron chi connectivity index (χ4n) is 5.30. The maximum atomic E-state index is 13.8. The third kappa shape index (κ3) is 9.47. The lowest BCUT2D eigenvalue weighted by molar-refractivity contribution is -0.153. The Bertz CT molecular complexity index is 1260. The lowest BCUT2D eigenvalue weighted by Crippen LogP contribution is -2.51. The Morgan fingerprint density at radius 2 is 1.93 bits per heavy atom. The molecule has 6 N–H and O–H groups in total. The number of sulfonamides is 1. The first-order chi connectivity index (χ1) is 19.5. The van der Waals surface area contributed by atoms with E-state index >= 15 is 0 Å². The molecular weight excluding hydrogens is 580 g/mol. The third-order valence-corrected chi connectivity index (χ3v) is 9.44. The van der Waals surface area contributed by atoms with Gasteiger partial charge in [-0.1, -0.05) is 25.4 Å². The second kappa shape index (κ2) is 13.8. The molecule has 0 aromatic heterocycles. The van der Waals surface area contributed by atoms with E-state index in [1.54, 1.807) is 11.0 Å². The predicted molar refractivity (Wildman–Crippen MR) is 165 cm³/mol. The number of likely N-dealkylation sites (tertiary alicyclic amines) is 1. The number of rotatable bonds is 11. The van der Waals surface area contributed by atoms with Crippen LogP contribution in [0.4, 0.5) is 5.69 Å². The Labute approximate surface area is 255 Å². The first-order valence-corrected chi connectivity index (χ1v) is 16.5. The Morgan fingerprint density at radius 1 is 1.26 bits per heavy atom. The summed E-state index contributed by atoms with van der Waals surface area (Å²) in [6, 6.07) is 2.21. The van der Waals surface area contributed by atoms with Gasteiger partial charge in [-0.25, -0.2) is 8.42 Å². The van der Waals surface area contributed by atoms with Gasteiger partial charge >= 0.3 is 5.97 Å². The van der Waals surface area contributed by atoms with Crippen LogP contribution in [0.15, 0.2) is 17.0 Å². The molecule has 2 heterocycles. The number of esters is 1. The average Bonchev–Trinajstić information content (AvgIpc) is 2.88. The van der Waals surface area contributed by atoms with Crippen LogP contribution in [0, 0.1) is 22.2 Å². The van der Waals surface area contributed by atoms with Crippen molar-refractivity contribution < 1.29 is 22.7 Å². The molecule has 2 aliphatic rings. The molecule has 1 aromatic rings. The van der Waals surface area contributed by atoms with E-state index in [9.17, 15) is 18.0 Å². The number of nitrogens with two attached hydrogens (primary N) is 1. The largest absolute Gasteiger partial charge is 0.465 e. The van der Waals surface area contributed by atoms with E-state index in [0.717, 1.165) is 24.8 Å². The van der Waals surface area contributed by atoms with Crippen LogP contribution in [0.1, 0.15) is 72.3 Å². The molecule has 1 fully saturated rings. The first-order valence-electron chi connectivity index (χ1n) is 14.6. The van der Waals surface area contributed by atoms with Gasteiger partial charge in [-0.15, -0.1) is 0 Å². The highest BCUT2D eigenvalue weighted by Crippen LogP contribution is 2.38. The summed E-state index contributed by atoms with van der Waals surface area (Å²) in [6.07, 6.45) is 3.53. The number of hydrogen-bond acceptors (Lipinski definition) is 7. The van der Waals surface area contributed by atoms with Gasteiger partial charge in [0, 0.05) is 31.2 Å². The van der Waals surface area contributed by atoms with Crippen LogP contribution in [0.5, 0.6) is 0 Å².